The van der Waals surface area contributed by atoms with E-state index in [2.05, 4.69) is 8.75 Å². The van der Waals surface area contributed by atoms with E-state index >= 15 is 0 Å². The zero-order valence-electron chi connectivity index (χ0n) is 9.48. The molecule has 1 saturated heterocycles. The van der Waals surface area contributed by atoms with E-state index in [1.165, 1.54) is 4.31 Å². The van der Waals surface area contributed by atoms with Crippen LogP contribution < -0.4 is 5.73 Å². The third-order valence-corrected chi connectivity index (χ3v) is 5.49. The van der Waals surface area contributed by atoms with Gasteiger partial charge >= 0.3 is 0 Å². The van der Waals surface area contributed by atoms with Crippen LogP contribution in [0.3, 0.4) is 0 Å². The Balaban J connectivity index is 2.11. The van der Waals surface area contributed by atoms with Crippen LogP contribution in [-0.2, 0) is 10.0 Å². The lowest BCUT2D eigenvalue weighted by Gasteiger charge is -2.15. The highest BCUT2D eigenvalue weighted by Gasteiger charge is 2.32. The molecule has 1 aromatic carbocycles. The van der Waals surface area contributed by atoms with Gasteiger partial charge in [-0.3, -0.25) is 0 Å². The van der Waals surface area contributed by atoms with Gasteiger partial charge in [0.05, 0.1) is 11.7 Å². The Morgan fingerprint density at radius 1 is 1.39 bits per heavy atom. The Morgan fingerprint density at radius 3 is 2.94 bits per heavy atom. The molecule has 1 atom stereocenters. The molecule has 0 amide bonds. The van der Waals surface area contributed by atoms with Crippen LogP contribution in [0.4, 0.5) is 0 Å². The fourth-order valence-electron chi connectivity index (χ4n) is 2.10. The molecule has 2 aromatic rings. The minimum Gasteiger partial charge on any atom is -0.326 e. The monoisotopic (exact) mass is 284 g/mol. The molecule has 3 rings (SSSR count). The number of rotatable bonds is 2. The number of benzene rings is 1. The van der Waals surface area contributed by atoms with Crippen LogP contribution in [0.15, 0.2) is 23.1 Å². The van der Waals surface area contributed by atoms with Gasteiger partial charge in [0.2, 0.25) is 10.0 Å². The number of hydrogen-bond acceptors (Lipinski definition) is 6. The molecule has 2 heterocycles. The van der Waals surface area contributed by atoms with Gasteiger partial charge in [0.15, 0.2) is 0 Å². The van der Waals surface area contributed by atoms with Crippen LogP contribution >= 0.6 is 11.7 Å². The second-order valence-corrected chi connectivity index (χ2v) is 6.73. The average Bonchev–Trinajstić information content (AvgIpc) is 2.96. The number of fused-ring (bicyclic) bond motifs is 1. The fraction of sp³-hybridized carbons (Fsp3) is 0.400. The van der Waals surface area contributed by atoms with Crippen molar-refractivity contribution in [3.8, 4) is 0 Å². The first kappa shape index (κ1) is 12.0. The number of nitrogens with zero attached hydrogens (tertiary/aromatic N) is 3. The number of sulfonamides is 1. The first-order chi connectivity index (χ1) is 8.59. The summed E-state index contributed by atoms with van der Waals surface area (Å²) < 4.78 is 34.5. The van der Waals surface area contributed by atoms with E-state index in [4.69, 9.17) is 5.73 Å². The lowest BCUT2D eigenvalue weighted by molar-refractivity contribution is 0.473. The van der Waals surface area contributed by atoms with Crippen LogP contribution in [0.25, 0.3) is 11.0 Å². The van der Waals surface area contributed by atoms with E-state index in [9.17, 15) is 8.42 Å². The summed E-state index contributed by atoms with van der Waals surface area (Å²) in [5, 5.41) is 0. The summed E-state index contributed by atoms with van der Waals surface area (Å²) in [5.41, 5.74) is 6.82. The molecule has 18 heavy (non-hydrogen) atoms. The van der Waals surface area contributed by atoms with Gasteiger partial charge in [0.25, 0.3) is 0 Å². The summed E-state index contributed by atoms with van der Waals surface area (Å²) in [7, 11) is -3.51. The van der Waals surface area contributed by atoms with E-state index in [1.54, 1.807) is 18.2 Å². The zero-order valence-corrected chi connectivity index (χ0v) is 11.1. The third kappa shape index (κ3) is 1.81. The fourth-order valence-corrected chi connectivity index (χ4v) is 4.37. The summed E-state index contributed by atoms with van der Waals surface area (Å²) in [6.07, 6.45) is 0.699. The van der Waals surface area contributed by atoms with Crippen LogP contribution in [0.2, 0.25) is 0 Å². The van der Waals surface area contributed by atoms with E-state index in [-0.39, 0.29) is 10.9 Å². The average molecular weight is 284 g/mol. The van der Waals surface area contributed by atoms with Gasteiger partial charge in [-0.05, 0) is 18.6 Å². The molecule has 1 aliphatic rings. The molecular weight excluding hydrogens is 272 g/mol. The summed E-state index contributed by atoms with van der Waals surface area (Å²) in [5.74, 6) is 0. The summed E-state index contributed by atoms with van der Waals surface area (Å²) in [4.78, 5) is 0.225. The Bertz CT molecular complexity index is 682. The maximum Gasteiger partial charge on any atom is 0.245 e. The van der Waals surface area contributed by atoms with Crippen molar-refractivity contribution in [2.24, 2.45) is 5.73 Å². The highest BCUT2D eigenvalue weighted by Crippen LogP contribution is 2.26. The molecule has 0 spiro atoms. The van der Waals surface area contributed by atoms with E-state index in [0.717, 1.165) is 11.7 Å². The zero-order chi connectivity index (χ0) is 12.8. The standard InChI is InChI=1S/C10H12N4O2S2/c11-7-4-5-14(6-7)18(15,16)9-3-1-2-8-10(9)13-17-12-8/h1-3,7H,4-6,11H2. The second kappa shape index (κ2) is 4.23. The predicted octanol–water partition coefficient (Wildman–Crippen LogP) is 0.413. The SMILES string of the molecule is NC1CCN(S(=O)(=O)c2cccc3nsnc23)C1. The largest absolute Gasteiger partial charge is 0.326 e. The molecule has 1 aliphatic heterocycles. The van der Waals surface area contributed by atoms with E-state index < -0.39 is 10.0 Å². The molecule has 1 unspecified atom stereocenters. The number of hydrogen-bond donors (Lipinski definition) is 1. The van der Waals surface area contributed by atoms with Crippen molar-refractivity contribution in [3.63, 3.8) is 0 Å². The smallest absolute Gasteiger partial charge is 0.245 e. The molecule has 6 nitrogen and oxygen atoms in total. The quantitative estimate of drug-likeness (QED) is 0.863. The minimum atomic E-state index is -3.51. The normalized spacial score (nSPS) is 21.7. The molecule has 8 heteroatoms. The Morgan fingerprint density at radius 2 is 2.22 bits per heavy atom. The molecule has 0 aliphatic carbocycles. The van der Waals surface area contributed by atoms with E-state index in [0.29, 0.717) is 30.5 Å². The van der Waals surface area contributed by atoms with Crippen LogP contribution in [0, 0.1) is 0 Å². The maximum atomic E-state index is 12.5. The first-order valence-corrected chi connectivity index (χ1v) is 7.73. The molecule has 1 fully saturated rings. The molecule has 2 N–H and O–H groups in total. The van der Waals surface area contributed by atoms with Crippen molar-refractivity contribution in [3.05, 3.63) is 18.2 Å². The number of aromatic nitrogens is 2. The molecule has 0 radical (unpaired) electrons. The highest BCUT2D eigenvalue weighted by molar-refractivity contribution is 7.89. The first-order valence-electron chi connectivity index (χ1n) is 5.56. The van der Waals surface area contributed by atoms with Crippen LogP contribution in [0.1, 0.15) is 6.42 Å². The maximum absolute atomic E-state index is 12.5. The Kier molecular flexibility index (Phi) is 2.81. The Hall–Kier alpha value is -1.09. The van der Waals surface area contributed by atoms with Crippen molar-refractivity contribution in [1.29, 1.82) is 0 Å². The van der Waals surface area contributed by atoms with Gasteiger partial charge in [0.1, 0.15) is 15.9 Å². The van der Waals surface area contributed by atoms with Crippen LogP contribution in [0.5, 0.6) is 0 Å². The van der Waals surface area contributed by atoms with Crippen molar-refractivity contribution >= 4 is 32.8 Å². The van der Waals surface area contributed by atoms with Crippen LogP contribution in [-0.4, -0.2) is 40.6 Å². The summed E-state index contributed by atoms with van der Waals surface area (Å²) in [6.45, 7) is 0.841. The molecule has 1 aromatic heterocycles. The van der Waals surface area contributed by atoms with Crippen molar-refractivity contribution < 1.29 is 8.42 Å². The van der Waals surface area contributed by atoms with Gasteiger partial charge in [0, 0.05) is 19.1 Å². The highest BCUT2D eigenvalue weighted by atomic mass is 32.2. The topological polar surface area (TPSA) is 89.2 Å². The van der Waals surface area contributed by atoms with Gasteiger partial charge in [-0.1, -0.05) is 6.07 Å². The van der Waals surface area contributed by atoms with Crippen molar-refractivity contribution in [2.45, 2.75) is 17.4 Å². The second-order valence-electron chi connectivity index (χ2n) is 4.30. The molecule has 96 valence electrons. The molecular formula is C10H12N4O2S2. The van der Waals surface area contributed by atoms with Crippen molar-refractivity contribution in [1.82, 2.24) is 13.1 Å². The van der Waals surface area contributed by atoms with Gasteiger partial charge in [-0.15, -0.1) is 0 Å². The summed E-state index contributed by atoms with van der Waals surface area (Å²) in [6, 6.07) is 4.94. The van der Waals surface area contributed by atoms with Gasteiger partial charge < -0.3 is 5.73 Å². The predicted molar refractivity (Wildman–Crippen MR) is 68.8 cm³/mol. The minimum absolute atomic E-state index is 0.0764. The lowest BCUT2D eigenvalue weighted by Crippen LogP contribution is -2.32. The lowest BCUT2D eigenvalue weighted by atomic mass is 10.3. The molecule has 0 saturated carbocycles. The molecule has 0 bridgehead atoms. The van der Waals surface area contributed by atoms with Gasteiger partial charge in [-0.25, -0.2) is 8.42 Å². The third-order valence-electron chi connectivity index (χ3n) is 3.05. The van der Waals surface area contributed by atoms with Gasteiger partial charge in [-0.2, -0.15) is 13.1 Å². The number of nitrogens with two attached hydrogens (primary N) is 1. The summed E-state index contributed by atoms with van der Waals surface area (Å²) >= 11 is 1.02. The Labute approximate surface area is 109 Å². The van der Waals surface area contributed by atoms with Crippen molar-refractivity contribution in [2.75, 3.05) is 13.1 Å². The van der Waals surface area contributed by atoms with E-state index in [1.807, 2.05) is 0 Å².